The molecule has 0 aromatic heterocycles. The molecule has 74 valence electrons. The molecule has 0 aromatic carbocycles. The molecule has 1 aliphatic heterocycles. The molecule has 0 amide bonds. The van der Waals surface area contributed by atoms with Crippen molar-refractivity contribution in [1.82, 2.24) is 0 Å². The van der Waals surface area contributed by atoms with Crippen molar-refractivity contribution < 1.29 is 19.0 Å². The van der Waals surface area contributed by atoms with Crippen LogP contribution in [0.1, 0.15) is 0 Å². The highest BCUT2D eigenvalue weighted by Crippen LogP contribution is 2.13. The molecule has 1 saturated heterocycles. The minimum Gasteiger partial charge on any atom is -0.435 e. The maximum Gasteiger partial charge on any atom is 0.332 e. The van der Waals surface area contributed by atoms with Crippen molar-refractivity contribution >= 4 is 17.7 Å². The van der Waals surface area contributed by atoms with Gasteiger partial charge in [-0.25, -0.2) is 4.79 Å². The third kappa shape index (κ3) is 4.31. The Morgan fingerprint density at radius 1 is 1.77 bits per heavy atom. The molecule has 1 rings (SSSR count). The van der Waals surface area contributed by atoms with E-state index >= 15 is 0 Å². The largest absolute Gasteiger partial charge is 0.435 e. The summed E-state index contributed by atoms with van der Waals surface area (Å²) in [5, 5.41) is 0. The van der Waals surface area contributed by atoms with Crippen molar-refractivity contribution in [3.05, 3.63) is 12.7 Å². The summed E-state index contributed by atoms with van der Waals surface area (Å²) in [5.74, 6) is 1.29. The van der Waals surface area contributed by atoms with Crippen LogP contribution in [0.4, 0.5) is 0 Å². The van der Waals surface area contributed by atoms with E-state index in [4.69, 9.17) is 9.47 Å². The maximum absolute atomic E-state index is 10.6. The van der Waals surface area contributed by atoms with Gasteiger partial charge < -0.3 is 14.2 Å². The van der Waals surface area contributed by atoms with Crippen LogP contribution < -0.4 is 0 Å². The molecule has 0 bridgehead atoms. The Balaban J connectivity index is 2.04. The molecule has 0 spiro atoms. The lowest BCUT2D eigenvalue weighted by atomic mass is 10.7. The summed E-state index contributed by atoms with van der Waals surface area (Å²) in [5.41, 5.74) is 0. The van der Waals surface area contributed by atoms with Gasteiger partial charge in [0, 0.05) is 17.6 Å². The molecule has 4 nitrogen and oxygen atoms in total. The topological polar surface area (TPSA) is 44.8 Å². The number of carbonyl (C=O) groups excluding carboxylic acids is 1. The molecule has 1 unspecified atom stereocenters. The van der Waals surface area contributed by atoms with Crippen LogP contribution in [0.5, 0.6) is 0 Å². The molecule has 0 N–H and O–H groups in total. The third-order valence-corrected chi connectivity index (χ3v) is 2.37. The Kier molecular flexibility index (Phi) is 4.88. The van der Waals surface area contributed by atoms with E-state index in [0.29, 0.717) is 6.61 Å². The van der Waals surface area contributed by atoms with Crippen molar-refractivity contribution in [2.24, 2.45) is 0 Å². The Bertz CT molecular complexity index is 177. The highest BCUT2D eigenvalue weighted by Gasteiger charge is 2.14. The lowest BCUT2D eigenvalue weighted by Gasteiger charge is -2.21. The smallest absolute Gasteiger partial charge is 0.332 e. The Labute approximate surface area is 81.2 Å². The number of thioether (sulfide) groups is 1. The Hall–Kier alpha value is -0.520. The van der Waals surface area contributed by atoms with Gasteiger partial charge >= 0.3 is 5.97 Å². The minimum atomic E-state index is -0.483. The first-order valence-electron chi connectivity index (χ1n) is 3.93. The average Bonchev–Trinajstić information content (AvgIpc) is 2.19. The highest BCUT2D eigenvalue weighted by atomic mass is 32.2. The van der Waals surface area contributed by atoms with Gasteiger partial charge in [-0.15, -0.1) is 0 Å². The standard InChI is InChI=1S/C8H12O4S/c1-2-7(9)11-6-12-8-5-13-4-3-10-8/h2,8H,1,3-6H2. The fraction of sp³-hybridized carbons (Fsp3) is 0.625. The number of esters is 1. The van der Waals surface area contributed by atoms with Crippen LogP contribution in [0, 0.1) is 0 Å². The van der Waals surface area contributed by atoms with Crippen molar-refractivity contribution in [1.29, 1.82) is 0 Å². The van der Waals surface area contributed by atoms with Crippen LogP contribution in [-0.2, 0) is 19.0 Å². The quantitative estimate of drug-likeness (QED) is 0.384. The van der Waals surface area contributed by atoms with E-state index in [1.54, 1.807) is 11.8 Å². The Morgan fingerprint density at radius 2 is 2.62 bits per heavy atom. The molecule has 13 heavy (non-hydrogen) atoms. The zero-order valence-corrected chi connectivity index (χ0v) is 8.05. The summed E-state index contributed by atoms with van der Waals surface area (Å²) in [6.45, 7) is 3.87. The summed E-state index contributed by atoms with van der Waals surface area (Å²) < 4.78 is 15.0. The first-order chi connectivity index (χ1) is 6.33. The fourth-order valence-electron chi connectivity index (χ4n) is 0.789. The fourth-order valence-corrected chi connectivity index (χ4v) is 1.55. The lowest BCUT2D eigenvalue weighted by molar-refractivity contribution is -0.188. The predicted octanol–water partition coefficient (Wildman–Crippen LogP) is 0.779. The van der Waals surface area contributed by atoms with Gasteiger partial charge in [0.15, 0.2) is 13.1 Å². The second kappa shape index (κ2) is 6.01. The minimum absolute atomic E-state index is 0.0733. The van der Waals surface area contributed by atoms with Crippen molar-refractivity contribution in [2.75, 3.05) is 24.9 Å². The first-order valence-corrected chi connectivity index (χ1v) is 5.08. The molecular formula is C8H12O4S. The van der Waals surface area contributed by atoms with Crippen molar-refractivity contribution in [3.63, 3.8) is 0 Å². The third-order valence-electron chi connectivity index (χ3n) is 1.41. The van der Waals surface area contributed by atoms with E-state index in [9.17, 15) is 4.79 Å². The zero-order valence-electron chi connectivity index (χ0n) is 7.23. The average molecular weight is 204 g/mol. The van der Waals surface area contributed by atoms with Crippen LogP contribution in [0.15, 0.2) is 12.7 Å². The van der Waals surface area contributed by atoms with E-state index in [0.717, 1.165) is 17.6 Å². The molecule has 0 radical (unpaired) electrons. The molecule has 1 heterocycles. The molecule has 0 saturated carbocycles. The number of hydrogen-bond acceptors (Lipinski definition) is 5. The van der Waals surface area contributed by atoms with Gasteiger partial charge in [-0.3, -0.25) is 0 Å². The van der Waals surface area contributed by atoms with E-state index < -0.39 is 5.97 Å². The maximum atomic E-state index is 10.6. The van der Waals surface area contributed by atoms with Gasteiger partial charge in [0.1, 0.15) is 0 Å². The number of rotatable bonds is 4. The molecule has 1 atom stereocenters. The van der Waals surface area contributed by atoms with Crippen LogP contribution in [0.3, 0.4) is 0 Å². The van der Waals surface area contributed by atoms with Gasteiger partial charge in [-0.2, -0.15) is 11.8 Å². The van der Waals surface area contributed by atoms with Gasteiger partial charge in [0.05, 0.1) is 6.61 Å². The SMILES string of the molecule is C=CC(=O)OCOC1CSCCO1. The van der Waals surface area contributed by atoms with E-state index in [1.807, 2.05) is 0 Å². The van der Waals surface area contributed by atoms with Crippen LogP contribution in [0.25, 0.3) is 0 Å². The normalized spacial score (nSPS) is 22.3. The van der Waals surface area contributed by atoms with E-state index in [2.05, 4.69) is 11.3 Å². The van der Waals surface area contributed by atoms with E-state index in [1.165, 1.54) is 0 Å². The van der Waals surface area contributed by atoms with E-state index in [-0.39, 0.29) is 13.1 Å². The first kappa shape index (κ1) is 10.6. The highest BCUT2D eigenvalue weighted by molar-refractivity contribution is 7.99. The molecular weight excluding hydrogens is 192 g/mol. The summed E-state index contributed by atoms with van der Waals surface area (Å²) in [4.78, 5) is 10.6. The van der Waals surface area contributed by atoms with Crippen LogP contribution >= 0.6 is 11.8 Å². The van der Waals surface area contributed by atoms with Gasteiger partial charge in [-0.1, -0.05) is 6.58 Å². The number of carbonyl (C=O) groups is 1. The van der Waals surface area contributed by atoms with Crippen LogP contribution in [0.2, 0.25) is 0 Å². The molecule has 1 fully saturated rings. The van der Waals surface area contributed by atoms with Gasteiger partial charge in [0.2, 0.25) is 0 Å². The zero-order chi connectivity index (χ0) is 9.52. The molecule has 0 aliphatic carbocycles. The Morgan fingerprint density at radius 3 is 3.23 bits per heavy atom. The van der Waals surface area contributed by atoms with Gasteiger partial charge in [0.25, 0.3) is 0 Å². The summed E-state index contributed by atoms with van der Waals surface area (Å²) >= 11 is 1.76. The lowest BCUT2D eigenvalue weighted by Crippen LogP contribution is -2.27. The molecule has 0 aromatic rings. The number of hydrogen-bond donors (Lipinski definition) is 0. The number of ether oxygens (including phenoxy) is 3. The van der Waals surface area contributed by atoms with Gasteiger partial charge in [-0.05, 0) is 0 Å². The summed E-state index contributed by atoms with van der Waals surface area (Å²) in [6, 6.07) is 0. The summed E-state index contributed by atoms with van der Waals surface area (Å²) in [7, 11) is 0. The monoisotopic (exact) mass is 204 g/mol. The molecule has 1 aliphatic rings. The van der Waals surface area contributed by atoms with Crippen molar-refractivity contribution in [2.45, 2.75) is 6.29 Å². The molecule has 5 heteroatoms. The van der Waals surface area contributed by atoms with Crippen LogP contribution in [-0.4, -0.2) is 37.2 Å². The second-order valence-electron chi connectivity index (χ2n) is 2.33. The van der Waals surface area contributed by atoms with Crippen molar-refractivity contribution in [3.8, 4) is 0 Å². The second-order valence-corrected chi connectivity index (χ2v) is 3.48. The summed E-state index contributed by atoms with van der Waals surface area (Å²) in [6.07, 6.45) is 0.844. The predicted molar refractivity (Wildman–Crippen MR) is 49.3 cm³/mol.